The average Bonchev–Trinajstić information content (AvgIpc) is 2.29. The van der Waals surface area contributed by atoms with Crippen LogP contribution >= 0.6 is 11.6 Å². The van der Waals surface area contributed by atoms with Crippen LogP contribution in [0.2, 0.25) is 5.02 Å². The van der Waals surface area contributed by atoms with Crippen LogP contribution in [0.5, 0.6) is 0 Å². The average molecular weight is 260 g/mol. The molecule has 1 rings (SSSR count). The molecule has 0 aliphatic rings. The highest BCUT2D eigenvalue weighted by molar-refractivity contribution is 6.30. The van der Waals surface area contributed by atoms with Crippen LogP contribution < -0.4 is 11.1 Å². The maximum absolute atomic E-state index is 13.4. The molecule has 0 aliphatic carbocycles. The summed E-state index contributed by atoms with van der Waals surface area (Å²) in [5, 5.41) is 3.21. The Hall–Kier alpha value is -0.870. The Balaban J connectivity index is 2.55. The maximum atomic E-state index is 13.4. The van der Waals surface area contributed by atoms with E-state index in [2.05, 4.69) is 24.1 Å². The van der Waals surface area contributed by atoms with E-state index in [1.165, 1.54) is 12.3 Å². The number of hydrogen-bond donors (Lipinski definition) is 2. The van der Waals surface area contributed by atoms with E-state index in [-0.39, 0.29) is 16.9 Å². The lowest BCUT2D eigenvalue weighted by molar-refractivity contribution is 0.407. The fourth-order valence-corrected chi connectivity index (χ4v) is 1.96. The first-order chi connectivity index (χ1) is 8.08. The number of aromatic nitrogens is 1. The molecule has 0 fully saturated rings. The second-order valence-corrected chi connectivity index (χ2v) is 4.54. The summed E-state index contributed by atoms with van der Waals surface area (Å²) in [7, 11) is 0. The van der Waals surface area contributed by atoms with Crippen molar-refractivity contribution < 1.29 is 4.39 Å². The summed E-state index contributed by atoms with van der Waals surface area (Å²) in [4.78, 5) is 3.89. The molecule has 3 N–H and O–H groups in total. The number of nitrogens with two attached hydrogens (primary N) is 1. The molecule has 1 atom stereocenters. The number of anilines is 1. The molecule has 0 radical (unpaired) electrons. The lowest BCUT2D eigenvalue weighted by atomic mass is 9.95. The van der Waals surface area contributed by atoms with E-state index in [9.17, 15) is 4.39 Å². The SMILES string of the molecule is CCC(CC)C(N)CNc1ncc(Cl)cc1F. The molecule has 1 aromatic rings. The highest BCUT2D eigenvalue weighted by Gasteiger charge is 2.14. The van der Waals surface area contributed by atoms with Gasteiger partial charge in [0.1, 0.15) is 0 Å². The molecule has 3 nitrogen and oxygen atoms in total. The van der Waals surface area contributed by atoms with Gasteiger partial charge >= 0.3 is 0 Å². The van der Waals surface area contributed by atoms with Gasteiger partial charge in [-0.15, -0.1) is 0 Å². The summed E-state index contributed by atoms with van der Waals surface area (Å²) in [5.41, 5.74) is 6.03. The van der Waals surface area contributed by atoms with Gasteiger partial charge in [0.05, 0.1) is 5.02 Å². The zero-order valence-electron chi connectivity index (χ0n) is 10.2. The van der Waals surface area contributed by atoms with Crippen LogP contribution in [0.15, 0.2) is 12.3 Å². The van der Waals surface area contributed by atoms with Crippen molar-refractivity contribution in [1.82, 2.24) is 4.98 Å². The molecule has 5 heteroatoms. The van der Waals surface area contributed by atoms with E-state index in [0.29, 0.717) is 12.5 Å². The third kappa shape index (κ3) is 4.13. The number of rotatable bonds is 6. The van der Waals surface area contributed by atoms with Gasteiger partial charge in [-0.25, -0.2) is 9.37 Å². The predicted octanol–water partition coefficient (Wildman–Crippen LogP) is 3.05. The first-order valence-electron chi connectivity index (χ1n) is 5.88. The van der Waals surface area contributed by atoms with Crippen LogP contribution in [-0.2, 0) is 0 Å². The van der Waals surface area contributed by atoms with Crippen LogP contribution in [0.4, 0.5) is 10.2 Å². The minimum atomic E-state index is -0.450. The number of nitrogens with one attached hydrogen (secondary N) is 1. The zero-order valence-corrected chi connectivity index (χ0v) is 11.0. The number of nitrogens with zero attached hydrogens (tertiary/aromatic N) is 1. The first kappa shape index (κ1) is 14.2. The van der Waals surface area contributed by atoms with Crippen LogP contribution in [0.1, 0.15) is 26.7 Å². The van der Waals surface area contributed by atoms with Crippen molar-refractivity contribution >= 4 is 17.4 Å². The molecule has 1 unspecified atom stereocenters. The Morgan fingerprint density at radius 3 is 2.65 bits per heavy atom. The predicted molar refractivity (Wildman–Crippen MR) is 69.7 cm³/mol. The highest BCUT2D eigenvalue weighted by atomic mass is 35.5. The smallest absolute Gasteiger partial charge is 0.166 e. The van der Waals surface area contributed by atoms with E-state index in [1.54, 1.807) is 0 Å². The van der Waals surface area contributed by atoms with E-state index in [4.69, 9.17) is 17.3 Å². The van der Waals surface area contributed by atoms with Crippen molar-refractivity contribution in [3.63, 3.8) is 0 Å². The lowest BCUT2D eigenvalue weighted by Crippen LogP contribution is -2.36. The lowest BCUT2D eigenvalue weighted by Gasteiger charge is -2.21. The minimum absolute atomic E-state index is 0.00174. The third-order valence-electron chi connectivity index (χ3n) is 2.97. The highest BCUT2D eigenvalue weighted by Crippen LogP contribution is 2.16. The van der Waals surface area contributed by atoms with E-state index in [0.717, 1.165) is 12.8 Å². The molecule has 0 amide bonds. The minimum Gasteiger partial charge on any atom is -0.366 e. The van der Waals surface area contributed by atoms with Crippen molar-refractivity contribution in [2.45, 2.75) is 32.7 Å². The Bertz CT molecular complexity index is 356. The molecular weight excluding hydrogens is 241 g/mol. The summed E-state index contributed by atoms with van der Waals surface area (Å²) < 4.78 is 13.4. The molecule has 0 saturated heterocycles. The molecule has 0 spiro atoms. The van der Waals surface area contributed by atoms with Gasteiger partial charge < -0.3 is 11.1 Å². The fourth-order valence-electron chi connectivity index (χ4n) is 1.82. The Morgan fingerprint density at radius 1 is 1.47 bits per heavy atom. The Kier molecular flexibility index (Phi) is 5.65. The van der Waals surface area contributed by atoms with Crippen molar-refractivity contribution in [1.29, 1.82) is 0 Å². The van der Waals surface area contributed by atoms with Crippen molar-refractivity contribution in [2.75, 3.05) is 11.9 Å². The van der Waals surface area contributed by atoms with Crippen LogP contribution in [0, 0.1) is 11.7 Å². The normalized spacial score (nSPS) is 12.8. The van der Waals surface area contributed by atoms with E-state index >= 15 is 0 Å². The van der Waals surface area contributed by atoms with Gasteiger partial charge in [0.15, 0.2) is 11.6 Å². The zero-order chi connectivity index (χ0) is 12.8. The van der Waals surface area contributed by atoms with Gasteiger partial charge in [0.25, 0.3) is 0 Å². The summed E-state index contributed by atoms with van der Waals surface area (Å²) in [6.45, 7) is 4.72. The molecule has 0 bridgehead atoms. The van der Waals surface area contributed by atoms with Gasteiger partial charge in [-0.1, -0.05) is 38.3 Å². The Morgan fingerprint density at radius 2 is 2.12 bits per heavy atom. The van der Waals surface area contributed by atoms with Crippen molar-refractivity contribution in [2.24, 2.45) is 11.7 Å². The van der Waals surface area contributed by atoms with E-state index < -0.39 is 5.82 Å². The van der Waals surface area contributed by atoms with Crippen molar-refractivity contribution in [3.8, 4) is 0 Å². The molecule has 17 heavy (non-hydrogen) atoms. The maximum Gasteiger partial charge on any atom is 0.166 e. The number of halogens is 2. The molecule has 1 heterocycles. The van der Waals surface area contributed by atoms with Gasteiger partial charge in [-0.05, 0) is 12.0 Å². The Labute approximate surface area is 107 Å². The van der Waals surface area contributed by atoms with Gasteiger partial charge in [0, 0.05) is 18.8 Å². The van der Waals surface area contributed by atoms with Gasteiger partial charge in [-0.2, -0.15) is 0 Å². The first-order valence-corrected chi connectivity index (χ1v) is 6.26. The van der Waals surface area contributed by atoms with Gasteiger partial charge in [0.2, 0.25) is 0 Å². The fraction of sp³-hybridized carbons (Fsp3) is 0.583. The summed E-state index contributed by atoms with van der Waals surface area (Å²) in [6.07, 6.45) is 3.46. The summed E-state index contributed by atoms with van der Waals surface area (Å²) in [6, 6.07) is 1.24. The largest absolute Gasteiger partial charge is 0.366 e. The molecule has 0 aromatic carbocycles. The van der Waals surface area contributed by atoms with Crippen LogP contribution in [-0.4, -0.2) is 17.6 Å². The number of hydrogen-bond acceptors (Lipinski definition) is 3. The third-order valence-corrected chi connectivity index (χ3v) is 3.17. The molecule has 0 saturated carbocycles. The second kappa shape index (κ2) is 6.77. The molecule has 0 aliphatic heterocycles. The monoisotopic (exact) mass is 259 g/mol. The molecular formula is C12H19ClFN3. The molecule has 1 aromatic heterocycles. The molecule has 96 valence electrons. The van der Waals surface area contributed by atoms with Crippen molar-refractivity contribution in [3.05, 3.63) is 23.1 Å². The quantitative estimate of drug-likeness (QED) is 0.826. The van der Waals surface area contributed by atoms with Crippen LogP contribution in [0.25, 0.3) is 0 Å². The second-order valence-electron chi connectivity index (χ2n) is 4.11. The summed E-state index contributed by atoms with van der Waals surface area (Å²) in [5.74, 6) is 0.197. The van der Waals surface area contributed by atoms with Crippen LogP contribution in [0.3, 0.4) is 0 Å². The topological polar surface area (TPSA) is 50.9 Å². The van der Waals surface area contributed by atoms with E-state index in [1.807, 2.05) is 0 Å². The standard InChI is InChI=1S/C12H19ClFN3/c1-3-8(4-2)11(15)7-17-12-10(14)5-9(13)6-16-12/h5-6,8,11H,3-4,7,15H2,1-2H3,(H,16,17). The van der Waals surface area contributed by atoms with Gasteiger partial charge in [-0.3, -0.25) is 0 Å². The summed E-state index contributed by atoms with van der Waals surface area (Å²) >= 11 is 5.62. The number of pyridine rings is 1.